The van der Waals surface area contributed by atoms with Crippen molar-refractivity contribution in [3.63, 3.8) is 0 Å². The molecule has 12 heteroatoms. The van der Waals surface area contributed by atoms with Gasteiger partial charge in [-0.25, -0.2) is 18.6 Å². The second kappa shape index (κ2) is 13.3. The third-order valence-electron chi connectivity index (χ3n) is 5.91. The highest BCUT2D eigenvalue weighted by Crippen LogP contribution is 2.26. The summed E-state index contributed by atoms with van der Waals surface area (Å²) in [6.07, 6.45) is 4.01. The van der Waals surface area contributed by atoms with Crippen LogP contribution < -0.4 is 21.0 Å². The van der Waals surface area contributed by atoms with Crippen molar-refractivity contribution < 1.29 is 33.1 Å². The standard InChI is InChI=1S/C29H26F2N4O6/c1-40-24(37)10-7-19-13-22-26(32-11-12-36)25(28(38)34-16-20-8-9-21(30)14-23(20)31)29(39)35(27(22)33-15-19)41-17-18-5-3-2-4-6-18/h2-10,13-15,32,36H,11-12,16-17H2,1H3,(H,34,38)/b10-7+. The van der Waals surface area contributed by atoms with Crippen LogP contribution in [0.2, 0.25) is 0 Å². The first-order chi connectivity index (χ1) is 19.8. The van der Waals surface area contributed by atoms with E-state index in [1.807, 2.05) is 6.07 Å². The van der Waals surface area contributed by atoms with Crippen molar-refractivity contribution in [3.8, 4) is 0 Å². The van der Waals surface area contributed by atoms with Crippen LogP contribution in [0, 0.1) is 11.6 Å². The van der Waals surface area contributed by atoms with Gasteiger partial charge in [-0.3, -0.25) is 9.59 Å². The van der Waals surface area contributed by atoms with E-state index < -0.39 is 34.6 Å². The van der Waals surface area contributed by atoms with Crippen LogP contribution in [0.25, 0.3) is 17.1 Å². The number of benzene rings is 2. The Bertz CT molecular complexity index is 1660. The van der Waals surface area contributed by atoms with E-state index in [0.29, 0.717) is 11.6 Å². The molecule has 0 radical (unpaired) electrons. The maximum absolute atomic E-state index is 14.2. The number of fused-ring (bicyclic) bond motifs is 1. The van der Waals surface area contributed by atoms with Crippen LogP contribution in [0.15, 0.2) is 71.7 Å². The van der Waals surface area contributed by atoms with Gasteiger partial charge in [0.05, 0.1) is 19.4 Å². The molecule has 41 heavy (non-hydrogen) atoms. The molecule has 2 heterocycles. The van der Waals surface area contributed by atoms with Gasteiger partial charge in [0.1, 0.15) is 23.8 Å². The molecule has 0 unspecified atom stereocenters. The molecule has 0 bridgehead atoms. The highest BCUT2D eigenvalue weighted by Gasteiger charge is 2.24. The lowest BCUT2D eigenvalue weighted by molar-refractivity contribution is -0.134. The van der Waals surface area contributed by atoms with Crippen LogP contribution >= 0.6 is 0 Å². The van der Waals surface area contributed by atoms with Gasteiger partial charge in [0, 0.05) is 42.4 Å². The predicted octanol–water partition coefficient (Wildman–Crippen LogP) is 2.82. The van der Waals surface area contributed by atoms with Crippen LogP contribution in [0.5, 0.6) is 0 Å². The normalized spacial score (nSPS) is 11.0. The second-order valence-corrected chi connectivity index (χ2v) is 8.67. The Morgan fingerprint density at radius 2 is 1.90 bits per heavy atom. The molecule has 3 N–H and O–H groups in total. The molecule has 0 aliphatic carbocycles. The fourth-order valence-corrected chi connectivity index (χ4v) is 3.92. The minimum absolute atomic E-state index is 0.00274. The molecule has 0 saturated heterocycles. The van der Waals surface area contributed by atoms with Gasteiger partial charge in [-0.2, -0.15) is 0 Å². The zero-order chi connectivity index (χ0) is 29.4. The van der Waals surface area contributed by atoms with E-state index in [-0.39, 0.29) is 48.6 Å². The maximum atomic E-state index is 14.2. The zero-order valence-corrected chi connectivity index (χ0v) is 21.9. The summed E-state index contributed by atoms with van der Waals surface area (Å²) in [5, 5.41) is 15.1. The SMILES string of the molecule is COC(=O)/C=C/c1cnc2c(c1)c(NCCO)c(C(=O)NCc1ccc(F)cc1F)c(=O)n2OCc1ccccc1. The van der Waals surface area contributed by atoms with Gasteiger partial charge in [0.2, 0.25) is 0 Å². The Labute approximate surface area is 232 Å². The summed E-state index contributed by atoms with van der Waals surface area (Å²) < 4.78 is 33.0. The van der Waals surface area contributed by atoms with Crippen LogP contribution in [-0.2, 0) is 22.7 Å². The average molecular weight is 565 g/mol. The van der Waals surface area contributed by atoms with Gasteiger partial charge in [0.15, 0.2) is 5.65 Å². The largest absolute Gasteiger partial charge is 0.466 e. The Morgan fingerprint density at radius 3 is 2.61 bits per heavy atom. The van der Waals surface area contributed by atoms with Gasteiger partial charge >= 0.3 is 5.97 Å². The van der Waals surface area contributed by atoms with E-state index in [1.165, 1.54) is 31.5 Å². The van der Waals surface area contributed by atoms with E-state index in [1.54, 1.807) is 30.3 Å². The first-order valence-corrected chi connectivity index (χ1v) is 12.4. The number of anilines is 1. The van der Waals surface area contributed by atoms with Crippen molar-refractivity contribution in [2.45, 2.75) is 13.2 Å². The molecule has 10 nitrogen and oxygen atoms in total. The van der Waals surface area contributed by atoms with E-state index in [2.05, 4.69) is 20.4 Å². The fraction of sp³-hybridized carbons (Fsp3) is 0.172. The molecule has 212 valence electrons. The summed E-state index contributed by atoms with van der Waals surface area (Å²) in [5.41, 5.74) is 0.0179. The molecule has 0 spiro atoms. The number of nitrogens with zero attached hydrogens (tertiary/aromatic N) is 2. The number of hydrogen-bond donors (Lipinski definition) is 3. The Kier molecular flexibility index (Phi) is 9.38. The fourth-order valence-electron chi connectivity index (χ4n) is 3.92. The summed E-state index contributed by atoms with van der Waals surface area (Å²) in [7, 11) is 1.23. The molecule has 0 atom stereocenters. The number of ether oxygens (including phenoxy) is 1. The molecule has 1 amide bonds. The number of esters is 1. The minimum atomic E-state index is -0.881. The third kappa shape index (κ3) is 6.92. The molecule has 0 saturated carbocycles. The van der Waals surface area contributed by atoms with Crippen molar-refractivity contribution in [1.29, 1.82) is 0 Å². The van der Waals surface area contributed by atoms with Gasteiger partial charge in [-0.05, 0) is 29.3 Å². The van der Waals surface area contributed by atoms with Gasteiger partial charge in [-0.1, -0.05) is 36.4 Å². The molecular weight excluding hydrogens is 538 g/mol. The Hall–Kier alpha value is -5.10. The zero-order valence-electron chi connectivity index (χ0n) is 21.9. The molecule has 2 aromatic carbocycles. The molecule has 4 aromatic rings. The van der Waals surface area contributed by atoms with E-state index in [0.717, 1.165) is 16.4 Å². The summed E-state index contributed by atoms with van der Waals surface area (Å²) in [4.78, 5) is 49.0. The Morgan fingerprint density at radius 1 is 1.12 bits per heavy atom. The minimum Gasteiger partial charge on any atom is -0.466 e. The highest BCUT2D eigenvalue weighted by atomic mass is 19.1. The van der Waals surface area contributed by atoms with Crippen molar-refractivity contribution in [2.75, 3.05) is 25.6 Å². The molecule has 0 aliphatic heterocycles. The van der Waals surface area contributed by atoms with Gasteiger partial charge in [0.25, 0.3) is 11.5 Å². The predicted molar refractivity (Wildman–Crippen MR) is 147 cm³/mol. The number of aliphatic hydroxyl groups is 1. The second-order valence-electron chi connectivity index (χ2n) is 8.67. The van der Waals surface area contributed by atoms with E-state index >= 15 is 0 Å². The lowest BCUT2D eigenvalue weighted by Gasteiger charge is -2.18. The number of carbonyl (C=O) groups is 2. The topological polar surface area (TPSA) is 132 Å². The van der Waals surface area contributed by atoms with E-state index in [9.17, 15) is 28.3 Å². The number of aromatic nitrogens is 2. The molecule has 2 aromatic heterocycles. The first-order valence-electron chi connectivity index (χ1n) is 12.4. The summed E-state index contributed by atoms with van der Waals surface area (Å²) >= 11 is 0. The number of amides is 1. The van der Waals surface area contributed by atoms with Crippen molar-refractivity contribution in [3.05, 3.63) is 111 Å². The molecule has 0 aliphatic rings. The van der Waals surface area contributed by atoms with Crippen LogP contribution in [0.1, 0.15) is 27.0 Å². The summed E-state index contributed by atoms with van der Waals surface area (Å²) in [5.74, 6) is -3.12. The number of nitrogens with one attached hydrogen (secondary N) is 2. The Balaban J connectivity index is 1.84. The molecular formula is C29H26F2N4O6. The number of aliphatic hydroxyl groups excluding tert-OH is 1. The summed E-state index contributed by atoms with van der Waals surface area (Å²) in [6.45, 7) is -0.732. The lowest BCUT2D eigenvalue weighted by Crippen LogP contribution is -2.37. The van der Waals surface area contributed by atoms with Gasteiger partial charge in [-0.15, -0.1) is 4.73 Å². The van der Waals surface area contributed by atoms with E-state index in [4.69, 9.17) is 4.84 Å². The van der Waals surface area contributed by atoms with Crippen molar-refractivity contribution >= 4 is 34.7 Å². The number of carbonyl (C=O) groups excluding carboxylic acids is 2. The van der Waals surface area contributed by atoms with Crippen LogP contribution in [-0.4, -0.2) is 47.0 Å². The summed E-state index contributed by atoms with van der Waals surface area (Å²) in [6, 6.07) is 13.5. The number of methoxy groups -OCH3 is 1. The quantitative estimate of drug-likeness (QED) is 0.187. The number of rotatable bonds is 11. The number of pyridine rings is 2. The number of hydrogen-bond acceptors (Lipinski definition) is 8. The van der Waals surface area contributed by atoms with Crippen LogP contribution in [0.4, 0.5) is 14.5 Å². The number of halogens is 2. The third-order valence-corrected chi connectivity index (χ3v) is 5.91. The van der Waals surface area contributed by atoms with Gasteiger partial charge < -0.3 is 25.3 Å². The highest BCUT2D eigenvalue weighted by molar-refractivity contribution is 6.06. The molecule has 0 fully saturated rings. The lowest BCUT2D eigenvalue weighted by atomic mass is 10.1. The average Bonchev–Trinajstić information content (AvgIpc) is 2.98. The maximum Gasteiger partial charge on any atom is 0.330 e. The molecule has 4 rings (SSSR count). The smallest absolute Gasteiger partial charge is 0.330 e. The van der Waals surface area contributed by atoms with Crippen LogP contribution in [0.3, 0.4) is 0 Å². The van der Waals surface area contributed by atoms with Crippen molar-refractivity contribution in [1.82, 2.24) is 15.0 Å². The monoisotopic (exact) mass is 564 g/mol. The van der Waals surface area contributed by atoms with Crippen molar-refractivity contribution in [2.24, 2.45) is 0 Å². The first kappa shape index (κ1) is 28.9.